The Balaban J connectivity index is 2.91. The highest BCUT2D eigenvalue weighted by molar-refractivity contribution is 7.89. The summed E-state index contributed by atoms with van der Waals surface area (Å²) in [5, 5.41) is 6.03. The Bertz CT molecular complexity index is 647. The van der Waals surface area contributed by atoms with Gasteiger partial charge in [-0.1, -0.05) is 11.6 Å². The van der Waals surface area contributed by atoms with Crippen LogP contribution in [0.25, 0.3) is 0 Å². The highest BCUT2D eigenvalue weighted by Gasteiger charge is 2.19. The van der Waals surface area contributed by atoms with E-state index in [1.807, 2.05) is 14.0 Å². The fourth-order valence-corrected chi connectivity index (χ4v) is 3.35. The molecular formula is C15H24ClN3O3S. The molecule has 3 N–H and O–H groups in total. The second-order valence-electron chi connectivity index (χ2n) is 5.65. The van der Waals surface area contributed by atoms with E-state index in [-0.39, 0.29) is 33.5 Å². The van der Waals surface area contributed by atoms with Crippen molar-refractivity contribution < 1.29 is 13.2 Å². The van der Waals surface area contributed by atoms with E-state index in [0.717, 1.165) is 6.42 Å². The molecule has 130 valence electrons. The Hall–Kier alpha value is -1.15. The summed E-state index contributed by atoms with van der Waals surface area (Å²) in [5.74, 6) is -0.389. The van der Waals surface area contributed by atoms with E-state index in [2.05, 4.69) is 15.4 Å². The average molecular weight is 362 g/mol. The Kier molecular flexibility index (Phi) is 7.47. The van der Waals surface area contributed by atoms with Crippen molar-refractivity contribution in [1.29, 1.82) is 0 Å². The first-order valence-corrected chi connectivity index (χ1v) is 9.31. The summed E-state index contributed by atoms with van der Waals surface area (Å²) in [7, 11) is -1.82. The maximum atomic E-state index is 12.2. The summed E-state index contributed by atoms with van der Waals surface area (Å²) >= 11 is 6.03. The van der Waals surface area contributed by atoms with Crippen molar-refractivity contribution in [1.82, 2.24) is 15.4 Å². The van der Waals surface area contributed by atoms with E-state index in [1.54, 1.807) is 13.8 Å². The summed E-state index contributed by atoms with van der Waals surface area (Å²) in [5.41, 5.74) is 0.149. The SMILES string of the molecule is CN[C@@H](C)CCNC(=O)c1cc(S(=O)(=O)NC(C)C)ccc1Cl. The Morgan fingerprint density at radius 1 is 1.26 bits per heavy atom. The number of nitrogens with one attached hydrogen (secondary N) is 3. The average Bonchev–Trinajstić information content (AvgIpc) is 2.45. The van der Waals surface area contributed by atoms with Gasteiger partial charge in [0.15, 0.2) is 0 Å². The summed E-state index contributed by atoms with van der Waals surface area (Å²) < 4.78 is 26.8. The minimum absolute atomic E-state index is 0.0179. The number of hydrogen-bond acceptors (Lipinski definition) is 4. The number of benzene rings is 1. The van der Waals surface area contributed by atoms with Crippen LogP contribution in [-0.4, -0.2) is 40.0 Å². The fraction of sp³-hybridized carbons (Fsp3) is 0.533. The van der Waals surface area contributed by atoms with Gasteiger partial charge in [0.05, 0.1) is 15.5 Å². The van der Waals surface area contributed by atoms with Crippen molar-refractivity contribution in [2.24, 2.45) is 0 Å². The van der Waals surface area contributed by atoms with Crippen molar-refractivity contribution in [2.45, 2.75) is 44.2 Å². The lowest BCUT2D eigenvalue weighted by atomic mass is 10.2. The van der Waals surface area contributed by atoms with Gasteiger partial charge in [-0.05, 0) is 52.4 Å². The number of hydrogen-bond donors (Lipinski definition) is 3. The van der Waals surface area contributed by atoms with Gasteiger partial charge >= 0.3 is 0 Å². The molecule has 1 amide bonds. The zero-order valence-electron chi connectivity index (χ0n) is 13.8. The molecule has 0 bridgehead atoms. The van der Waals surface area contributed by atoms with Gasteiger partial charge in [0, 0.05) is 18.6 Å². The lowest BCUT2D eigenvalue weighted by Gasteiger charge is -2.13. The zero-order chi connectivity index (χ0) is 17.6. The van der Waals surface area contributed by atoms with Crippen molar-refractivity contribution in [2.75, 3.05) is 13.6 Å². The van der Waals surface area contributed by atoms with Gasteiger partial charge in [-0.25, -0.2) is 13.1 Å². The second kappa shape index (κ2) is 8.63. The Labute approximate surface area is 143 Å². The van der Waals surface area contributed by atoms with Gasteiger partial charge in [-0.15, -0.1) is 0 Å². The first-order chi connectivity index (χ1) is 10.7. The van der Waals surface area contributed by atoms with Crippen molar-refractivity contribution in [3.63, 3.8) is 0 Å². The van der Waals surface area contributed by atoms with Gasteiger partial charge in [-0.2, -0.15) is 0 Å². The monoisotopic (exact) mass is 361 g/mol. The number of carbonyl (C=O) groups excluding carboxylic acids is 1. The molecule has 23 heavy (non-hydrogen) atoms. The minimum Gasteiger partial charge on any atom is -0.352 e. The predicted molar refractivity (Wildman–Crippen MR) is 92.4 cm³/mol. The normalized spacial score (nSPS) is 13.1. The summed E-state index contributed by atoms with van der Waals surface area (Å²) in [6.07, 6.45) is 0.757. The molecule has 1 atom stereocenters. The van der Waals surface area contributed by atoms with E-state index in [9.17, 15) is 13.2 Å². The van der Waals surface area contributed by atoms with Crippen LogP contribution in [0.15, 0.2) is 23.1 Å². The van der Waals surface area contributed by atoms with Crippen molar-refractivity contribution in [3.05, 3.63) is 28.8 Å². The van der Waals surface area contributed by atoms with Crippen LogP contribution in [-0.2, 0) is 10.0 Å². The van der Waals surface area contributed by atoms with Crippen LogP contribution in [0.1, 0.15) is 37.6 Å². The molecule has 0 unspecified atom stereocenters. The molecule has 0 aliphatic rings. The largest absolute Gasteiger partial charge is 0.352 e. The molecule has 0 radical (unpaired) electrons. The second-order valence-corrected chi connectivity index (χ2v) is 7.77. The topological polar surface area (TPSA) is 87.3 Å². The smallest absolute Gasteiger partial charge is 0.252 e. The molecule has 8 heteroatoms. The number of sulfonamides is 1. The third-order valence-electron chi connectivity index (χ3n) is 3.24. The maximum absolute atomic E-state index is 12.2. The molecule has 6 nitrogen and oxygen atoms in total. The van der Waals surface area contributed by atoms with Crippen molar-refractivity contribution in [3.8, 4) is 0 Å². The van der Waals surface area contributed by atoms with E-state index < -0.39 is 10.0 Å². The molecule has 1 aromatic rings. The van der Waals surface area contributed by atoms with Crippen LogP contribution >= 0.6 is 11.6 Å². The molecule has 0 saturated carbocycles. The number of halogens is 1. The lowest BCUT2D eigenvalue weighted by Crippen LogP contribution is -2.32. The van der Waals surface area contributed by atoms with Gasteiger partial charge in [0.1, 0.15) is 0 Å². The van der Waals surface area contributed by atoms with Crippen molar-refractivity contribution >= 4 is 27.5 Å². The number of amides is 1. The first kappa shape index (κ1) is 19.9. The van der Waals surface area contributed by atoms with Crippen LogP contribution in [0.4, 0.5) is 0 Å². The summed E-state index contributed by atoms with van der Waals surface area (Å²) in [4.78, 5) is 12.2. The van der Waals surface area contributed by atoms with E-state index in [1.165, 1.54) is 18.2 Å². The molecular weight excluding hydrogens is 338 g/mol. The van der Waals surface area contributed by atoms with Gasteiger partial charge in [-0.3, -0.25) is 4.79 Å². The van der Waals surface area contributed by atoms with Crippen LogP contribution in [0, 0.1) is 0 Å². The molecule has 0 aliphatic heterocycles. The molecule has 0 spiro atoms. The van der Waals surface area contributed by atoms with Gasteiger partial charge in [0.25, 0.3) is 5.91 Å². The van der Waals surface area contributed by atoms with E-state index in [4.69, 9.17) is 11.6 Å². The Morgan fingerprint density at radius 3 is 2.48 bits per heavy atom. The molecule has 0 saturated heterocycles. The maximum Gasteiger partial charge on any atom is 0.252 e. The molecule has 0 heterocycles. The third-order valence-corrected chi connectivity index (χ3v) is 5.23. The zero-order valence-corrected chi connectivity index (χ0v) is 15.4. The van der Waals surface area contributed by atoms with Crippen LogP contribution in [0.3, 0.4) is 0 Å². The summed E-state index contributed by atoms with van der Waals surface area (Å²) in [6, 6.07) is 4.13. The fourth-order valence-electron chi connectivity index (χ4n) is 1.87. The van der Waals surface area contributed by atoms with Crippen LogP contribution < -0.4 is 15.4 Å². The van der Waals surface area contributed by atoms with E-state index >= 15 is 0 Å². The standard InChI is InChI=1S/C15H24ClN3O3S/c1-10(2)19-23(21,22)12-5-6-14(16)13(9-12)15(20)18-8-7-11(3)17-4/h5-6,9-11,17,19H,7-8H2,1-4H3,(H,18,20)/t11-/m0/s1. The summed E-state index contributed by atoms with van der Waals surface area (Å²) in [6.45, 7) is 5.93. The quantitative estimate of drug-likeness (QED) is 0.658. The minimum atomic E-state index is -3.67. The molecule has 1 aromatic carbocycles. The number of rotatable bonds is 8. The molecule has 0 aliphatic carbocycles. The Morgan fingerprint density at radius 2 is 1.91 bits per heavy atom. The van der Waals surface area contributed by atoms with E-state index in [0.29, 0.717) is 6.54 Å². The highest BCUT2D eigenvalue weighted by Crippen LogP contribution is 2.20. The molecule has 0 fully saturated rings. The lowest BCUT2D eigenvalue weighted by molar-refractivity contribution is 0.0952. The predicted octanol–water partition coefficient (Wildman–Crippen LogP) is 1.75. The van der Waals surface area contributed by atoms with Gasteiger partial charge < -0.3 is 10.6 Å². The number of carbonyl (C=O) groups is 1. The van der Waals surface area contributed by atoms with Gasteiger partial charge in [0.2, 0.25) is 10.0 Å². The van der Waals surface area contributed by atoms with Crippen LogP contribution in [0.2, 0.25) is 5.02 Å². The molecule has 1 rings (SSSR count). The third kappa shape index (κ3) is 6.10. The highest BCUT2D eigenvalue weighted by atomic mass is 35.5. The molecule has 0 aromatic heterocycles. The van der Waals surface area contributed by atoms with Crippen LogP contribution in [0.5, 0.6) is 0 Å². The first-order valence-electron chi connectivity index (χ1n) is 7.44.